The van der Waals surface area contributed by atoms with Gasteiger partial charge >= 0.3 is 0 Å². The number of rotatable bonds is 4. The smallest absolute Gasteiger partial charge is 0.260 e. The zero-order valence-electron chi connectivity index (χ0n) is 10.5. The summed E-state index contributed by atoms with van der Waals surface area (Å²) in [6.45, 7) is 1.58. The normalized spacial score (nSPS) is 10.7. The van der Waals surface area contributed by atoms with Crippen LogP contribution in [-0.2, 0) is 4.74 Å². The van der Waals surface area contributed by atoms with E-state index in [1.54, 1.807) is 25.1 Å². The van der Waals surface area contributed by atoms with Gasteiger partial charge in [0, 0.05) is 28.6 Å². The van der Waals surface area contributed by atoms with Gasteiger partial charge in [-0.05, 0) is 19.1 Å². The Kier molecular flexibility index (Phi) is 3.87. The first-order valence-corrected chi connectivity index (χ1v) is 5.95. The molecular formula is C13H13ClN2O3. The molecule has 1 aromatic carbocycles. The van der Waals surface area contributed by atoms with E-state index in [1.165, 1.54) is 7.11 Å². The zero-order valence-corrected chi connectivity index (χ0v) is 11.3. The van der Waals surface area contributed by atoms with E-state index >= 15 is 0 Å². The largest absolute Gasteiger partial charge is 0.452 e. The van der Waals surface area contributed by atoms with Gasteiger partial charge in [-0.1, -0.05) is 17.7 Å². The predicted octanol–water partition coefficient (Wildman–Crippen LogP) is 2.55. The molecule has 100 valence electrons. The fourth-order valence-corrected chi connectivity index (χ4v) is 2.05. The maximum absolute atomic E-state index is 12.0. The third-order valence-electron chi connectivity index (χ3n) is 2.65. The quantitative estimate of drug-likeness (QED) is 0.667. The molecule has 0 amide bonds. The SMILES string of the molecule is COCOc1[nH]c(=O)c(C(C)=N)c2ccc(Cl)cc12. The lowest BCUT2D eigenvalue weighted by Crippen LogP contribution is -2.18. The summed E-state index contributed by atoms with van der Waals surface area (Å²) in [6, 6.07) is 5.07. The van der Waals surface area contributed by atoms with Crippen molar-refractivity contribution in [2.24, 2.45) is 0 Å². The maximum Gasteiger partial charge on any atom is 0.260 e. The average Bonchev–Trinajstić information content (AvgIpc) is 2.35. The van der Waals surface area contributed by atoms with Crippen LogP contribution in [0.4, 0.5) is 0 Å². The zero-order chi connectivity index (χ0) is 14.0. The number of methoxy groups -OCH3 is 1. The minimum atomic E-state index is -0.367. The Labute approximate surface area is 114 Å². The molecule has 6 heteroatoms. The number of hydrogen-bond donors (Lipinski definition) is 2. The third kappa shape index (κ3) is 2.62. The standard InChI is InChI=1S/C13H13ClN2O3/c1-7(15)11-9-4-3-8(14)5-10(9)13(16-12(11)17)19-6-18-2/h3-5,15H,6H2,1-2H3,(H,16,17). The fraction of sp³-hybridized carbons (Fsp3) is 0.231. The van der Waals surface area contributed by atoms with Crippen LogP contribution >= 0.6 is 11.6 Å². The Balaban J connectivity index is 2.77. The molecule has 0 aliphatic heterocycles. The summed E-state index contributed by atoms with van der Waals surface area (Å²) in [6.07, 6.45) is 0. The van der Waals surface area contributed by atoms with Gasteiger partial charge in [0.1, 0.15) is 0 Å². The van der Waals surface area contributed by atoms with Gasteiger partial charge in [0.2, 0.25) is 5.88 Å². The second-order valence-corrected chi connectivity index (χ2v) is 4.46. The minimum absolute atomic E-state index is 0.0144. The second-order valence-electron chi connectivity index (χ2n) is 4.02. The van der Waals surface area contributed by atoms with E-state index in [0.717, 1.165) is 0 Å². The molecule has 5 nitrogen and oxygen atoms in total. The topological polar surface area (TPSA) is 75.2 Å². The number of ether oxygens (including phenoxy) is 2. The van der Waals surface area contributed by atoms with Gasteiger partial charge in [-0.3, -0.25) is 9.78 Å². The molecule has 2 aromatic rings. The molecule has 0 saturated carbocycles. The number of aromatic amines is 1. The monoisotopic (exact) mass is 280 g/mol. The van der Waals surface area contributed by atoms with Crippen LogP contribution in [0.5, 0.6) is 5.88 Å². The van der Waals surface area contributed by atoms with Gasteiger partial charge in [-0.2, -0.15) is 0 Å². The van der Waals surface area contributed by atoms with Gasteiger partial charge in [0.15, 0.2) is 6.79 Å². The van der Waals surface area contributed by atoms with Crippen LogP contribution in [0.15, 0.2) is 23.0 Å². The van der Waals surface area contributed by atoms with Crippen LogP contribution in [0, 0.1) is 5.41 Å². The first-order valence-electron chi connectivity index (χ1n) is 5.57. The highest BCUT2D eigenvalue weighted by Crippen LogP contribution is 2.27. The molecule has 2 N–H and O–H groups in total. The highest BCUT2D eigenvalue weighted by atomic mass is 35.5. The highest BCUT2D eigenvalue weighted by Gasteiger charge is 2.13. The molecular weight excluding hydrogens is 268 g/mol. The lowest BCUT2D eigenvalue weighted by Gasteiger charge is -2.11. The number of pyridine rings is 1. The molecule has 2 rings (SSSR count). The number of halogens is 1. The van der Waals surface area contributed by atoms with Crippen molar-refractivity contribution in [3.05, 3.63) is 39.1 Å². The van der Waals surface area contributed by atoms with Crippen molar-refractivity contribution >= 4 is 28.1 Å². The van der Waals surface area contributed by atoms with Gasteiger partial charge in [0.25, 0.3) is 5.56 Å². The van der Waals surface area contributed by atoms with Crippen molar-refractivity contribution < 1.29 is 9.47 Å². The van der Waals surface area contributed by atoms with E-state index in [-0.39, 0.29) is 23.9 Å². The molecule has 0 radical (unpaired) electrons. The van der Waals surface area contributed by atoms with Crippen molar-refractivity contribution in [1.82, 2.24) is 4.98 Å². The van der Waals surface area contributed by atoms with Crippen molar-refractivity contribution in [1.29, 1.82) is 5.41 Å². The number of hydrogen-bond acceptors (Lipinski definition) is 4. The number of fused-ring (bicyclic) bond motifs is 1. The van der Waals surface area contributed by atoms with E-state index in [9.17, 15) is 4.79 Å². The molecule has 0 spiro atoms. The van der Waals surface area contributed by atoms with E-state index in [0.29, 0.717) is 21.4 Å². The predicted molar refractivity (Wildman–Crippen MR) is 74.6 cm³/mol. The van der Waals surface area contributed by atoms with Crippen LogP contribution in [-0.4, -0.2) is 24.6 Å². The van der Waals surface area contributed by atoms with Gasteiger partial charge in [0.05, 0.1) is 5.56 Å². The van der Waals surface area contributed by atoms with Crippen LogP contribution < -0.4 is 10.3 Å². The summed E-state index contributed by atoms with van der Waals surface area (Å²) in [5, 5.41) is 9.50. The first-order chi connectivity index (χ1) is 9.04. The van der Waals surface area contributed by atoms with E-state index in [1.807, 2.05) is 0 Å². The molecule has 0 fully saturated rings. The molecule has 0 bridgehead atoms. The molecule has 1 heterocycles. The average molecular weight is 281 g/mol. The Morgan fingerprint density at radius 2 is 2.16 bits per heavy atom. The van der Waals surface area contributed by atoms with Crippen LogP contribution in [0.2, 0.25) is 5.02 Å². The third-order valence-corrected chi connectivity index (χ3v) is 2.88. The van der Waals surface area contributed by atoms with Crippen LogP contribution in [0.3, 0.4) is 0 Å². The molecule has 1 aromatic heterocycles. The van der Waals surface area contributed by atoms with Crippen molar-refractivity contribution in [3.63, 3.8) is 0 Å². The van der Waals surface area contributed by atoms with Crippen LogP contribution in [0.25, 0.3) is 10.8 Å². The summed E-state index contributed by atoms with van der Waals surface area (Å²) in [7, 11) is 1.49. The highest BCUT2D eigenvalue weighted by molar-refractivity contribution is 6.31. The molecule has 0 aliphatic rings. The van der Waals surface area contributed by atoms with Gasteiger partial charge < -0.3 is 14.9 Å². The molecule has 0 aliphatic carbocycles. The van der Waals surface area contributed by atoms with Crippen molar-refractivity contribution in [2.45, 2.75) is 6.92 Å². The van der Waals surface area contributed by atoms with Crippen molar-refractivity contribution in [2.75, 3.05) is 13.9 Å². The van der Waals surface area contributed by atoms with E-state index in [4.69, 9.17) is 26.5 Å². The Morgan fingerprint density at radius 1 is 1.42 bits per heavy atom. The summed E-state index contributed by atoms with van der Waals surface area (Å²) in [5.41, 5.74) is 0.136. The van der Waals surface area contributed by atoms with E-state index < -0.39 is 0 Å². The van der Waals surface area contributed by atoms with Crippen molar-refractivity contribution in [3.8, 4) is 5.88 Å². The summed E-state index contributed by atoms with van der Waals surface area (Å²) in [5.74, 6) is 0.286. The van der Waals surface area contributed by atoms with Gasteiger partial charge in [-0.15, -0.1) is 0 Å². The fourth-order valence-electron chi connectivity index (χ4n) is 1.88. The number of nitrogens with one attached hydrogen (secondary N) is 2. The van der Waals surface area contributed by atoms with Gasteiger partial charge in [-0.25, -0.2) is 0 Å². The summed E-state index contributed by atoms with van der Waals surface area (Å²) in [4.78, 5) is 14.6. The Bertz CT molecular complexity index is 694. The summed E-state index contributed by atoms with van der Waals surface area (Å²) >= 11 is 5.96. The summed E-state index contributed by atoms with van der Waals surface area (Å²) < 4.78 is 10.2. The number of aromatic nitrogens is 1. The first kappa shape index (κ1) is 13.6. The molecule has 19 heavy (non-hydrogen) atoms. The Hall–Kier alpha value is -1.85. The molecule has 0 atom stereocenters. The van der Waals surface area contributed by atoms with E-state index in [2.05, 4.69) is 4.98 Å². The maximum atomic E-state index is 12.0. The Morgan fingerprint density at radius 3 is 2.79 bits per heavy atom. The molecule has 0 unspecified atom stereocenters. The lowest BCUT2D eigenvalue weighted by molar-refractivity contribution is 0.0489. The second kappa shape index (κ2) is 5.42. The van der Waals surface area contributed by atoms with Crippen LogP contribution in [0.1, 0.15) is 12.5 Å². The molecule has 0 saturated heterocycles. The lowest BCUT2D eigenvalue weighted by atomic mass is 10.0. The number of benzene rings is 1. The minimum Gasteiger partial charge on any atom is -0.452 e. The number of H-pyrrole nitrogens is 1.